The zero-order valence-corrected chi connectivity index (χ0v) is 13.2. The summed E-state index contributed by atoms with van der Waals surface area (Å²) in [4.78, 5) is 14.8. The summed E-state index contributed by atoms with van der Waals surface area (Å²) in [5, 5.41) is 9.84. The minimum Gasteiger partial charge on any atom is -0.394 e. The standard InChI is InChI=1S/C18H25NO3/c1-2-15-11-14(8-10-22-15)18(21)19-9-7-13-5-3-4-6-16(13)17(19)12-20/h3-6,14-15,17,20H,2,7-12H2,1H3/t14-,15+,17+/m0/s1. The molecule has 0 spiro atoms. The average molecular weight is 303 g/mol. The molecular formula is C18H25NO3. The Morgan fingerprint density at radius 3 is 3.00 bits per heavy atom. The Morgan fingerprint density at radius 1 is 1.41 bits per heavy atom. The summed E-state index contributed by atoms with van der Waals surface area (Å²) < 4.78 is 5.68. The van der Waals surface area contributed by atoms with Crippen molar-refractivity contribution in [3.63, 3.8) is 0 Å². The molecule has 0 radical (unpaired) electrons. The number of ether oxygens (including phenoxy) is 1. The molecule has 2 aliphatic heterocycles. The first-order chi connectivity index (χ1) is 10.7. The van der Waals surface area contributed by atoms with E-state index in [1.165, 1.54) is 5.56 Å². The molecule has 1 fully saturated rings. The first kappa shape index (κ1) is 15.5. The Labute approximate surface area is 132 Å². The monoisotopic (exact) mass is 303 g/mol. The van der Waals surface area contributed by atoms with Crippen LogP contribution in [0, 0.1) is 5.92 Å². The van der Waals surface area contributed by atoms with Crippen LogP contribution in [0.3, 0.4) is 0 Å². The van der Waals surface area contributed by atoms with E-state index in [1.807, 2.05) is 23.1 Å². The number of hydrogen-bond acceptors (Lipinski definition) is 3. The van der Waals surface area contributed by atoms with Crippen molar-refractivity contribution >= 4 is 5.91 Å². The van der Waals surface area contributed by atoms with Crippen LogP contribution >= 0.6 is 0 Å². The quantitative estimate of drug-likeness (QED) is 0.932. The van der Waals surface area contributed by atoms with E-state index in [-0.39, 0.29) is 30.6 Å². The molecule has 1 amide bonds. The van der Waals surface area contributed by atoms with Crippen molar-refractivity contribution in [2.45, 2.75) is 44.8 Å². The molecule has 0 bridgehead atoms. The van der Waals surface area contributed by atoms with Gasteiger partial charge in [-0.3, -0.25) is 4.79 Å². The zero-order valence-electron chi connectivity index (χ0n) is 13.2. The summed E-state index contributed by atoms with van der Waals surface area (Å²) in [6, 6.07) is 7.95. The molecule has 0 unspecified atom stereocenters. The fourth-order valence-electron chi connectivity index (χ4n) is 3.74. The van der Waals surface area contributed by atoms with Crippen LogP contribution < -0.4 is 0 Å². The predicted octanol–water partition coefficient (Wildman–Crippen LogP) is 2.31. The smallest absolute Gasteiger partial charge is 0.226 e. The van der Waals surface area contributed by atoms with E-state index in [0.717, 1.165) is 31.2 Å². The van der Waals surface area contributed by atoms with Crippen LogP contribution in [0.15, 0.2) is 24.3 Å². The Kier molecular flexibility index (Phi) is 4.79. The largest absolute Gasteiger partial charge is 0.394 e. The molecule has 2 heterocycles. The first-order valence-corrected chi connectivity index (χ1v) is 8.35. The number of nitrogens with zero attached hydrogens (tertiary/aromatic N) is 1. The molecule has 2 aliphatic rings. The highest BCUT2D eigenvalue weighted by molar-refractivity contribution is 5.80. The Hall–Kier alpha value is -1.39. The molecule has 22 heavy (non-hydrogen) atoms. The number of benzene rings is 1. The van der Waals surface area contributed by atoms with Crippen LogP contribution in [0.4, 0.5) is 0 Å². The van der Waals surface area contributed by atoms with Gasteiger partial charge in [-0.15, -0.1) is 0 Å². The summed E-state index contributed by atoms with van der Waals surface area (Å²) in [6.45, 7) is 3.47. The number of carbonyl (C=O) groups excluding carboxylic acids is 1. The molecule has 1 aromatic rings. The summed E-state index contributed by atoms with van der Waals surface area (Å²) in [7, 11) is 0. The van der Waals surface area contributed by atoms with Crippen molar-refractivity contribution in [1.82, 2.24) is 4.90 Å². The van der Waals surface area contributed by atoms with Gasteiger partial charge in [-0.1, -0.05) is 31.2 Å². The molecule has 3 atom stereocenters. The highest BCUT2D eigenvalue weighted by Crippen LogP contribution is 2.33. The lowest BCUT2D eigenvalue weighted by molar-refractivity contribution is -0.144. The molecular weight excluding hydrogens is 278 g/mol. The molecule has 0 aliphatic carbocycles. The third kappa shape index (κ3) is 2.90. The number of amides is 1. The van der Waals surface area contributed by atoms with E-state index < -0.39 is 0 Å². The van der Waals surface area contributed by atoms with Gasteiger partial charge >= 0.3 is 0 Å². The number of aliphatic hydroxyl groups is 1. The highest BCUT2D eigenvalue weighted by atomic mass is 16.5. The summed E-state index contributed by atoms with van der Waals surface area (Å²) in [5.74, 6) is 0.230. The maximum atomic E-state index is 13.0. The third-order valence-electron chi connectivity index (χ3n) is 5.04. The second kappa shape index (κ2) is 6.80. The van der Waals surface area contributed by atoms with E-state index in [4.69, 9.17) is 4.74 Å². The Bertz CT molecular complexity index is 531. The summed E-state index contributed by atoms with van der Waals surface area (Å²) >= 11 is 0. The topological polar surface area (TPSA) is 49.8 Å². The zero-order chi connectivity index (χ0) is 15.5. The van der Waals surface area contributed by atoms with Gasteiger partial charge in [0.1, 0.15) is 0 Å². The van der Waals surface area contributed by atoms with Gasteiger partial charge in [-0.25, -0.2) is 0 Å². The van der Waals surface area contributed by atoms with Crippen molar-refractivity contribution in [3.05, 3.63) is 35.4 Å². The third-order valence-corrected chi connectivity index (χ3v) is 5.04. The number of fused-ring (bicyclic) bond motifs is 1. The second-order valence-electron chi connectivity index (χ2n) is 6.30. The summed E-state index contributed by atoms with van der Waals surface area (Å²) in [5.41, 5.74) is 2.35. The minimum absolute atomic E-state index is 0.0107. The lowest BCUT2D eigenvalue weighted by atomic mass is 9.88. The van der Waals surface area contributed by atoms with Crippen molar-refractivity contribution in [1.29, 1.82) is 0 Å². The van der Waals surface area contributed by atoms with Crippen molar-refractivity contribution < 1.29 is 14.6 Å². The van der Waals surface area contributed by atoms with Gasteiger partial charge in [-0.2, -0.15) is 0 Å². The van der Waals surface area contributed by atoms with Gasteiger partial charge in [0, 0.05) is 19.1 Å². The lowest BCUT2D eigenvalue weighted by Gasteiger charge is -2.40. The van der Waals surface area contributed by atoms with Gasteiger partial charge in [0.15, 0.2) is 0 Å². The molecule has 1 aromatic carbocycles. The molecule has 4 heteroatoms. The highest BCUT2D eigenvalue weighted by Gasteiger charge is 2.36. The maximum absolute atomic E-state index is 13.0. The van der Waals surface area contributed by atoms with Gasteiger partial charge < -0.3 is 14.7 Å². The molecule has 0 aromatic heterocycles. The van der Waals surface area contributed by atoms with Crippen LogP contribution in [-0.2, 0) is 16.0 Å². The maximum Gasteiger partial charge on any atom is 0.226 e. The molecule has 1 N–H and O–H groups in total. The van der Waals surface area contributed by atoms with Crippen LogP contribution in [0.25, 0.3) is 0 Å². The van der Waals surface area contributed by atoms with E-state index in [9.17, 15) is 9.90 Å². The molecule has 1 saturated heterocycles. The molecule has 0 saturated carbocycles. The van der Waals surface area contributed by atoms with Crippen LogP contribution in [0.2, 0.25) is 0 Å². The average Bonchev–Trinajstić information content (AvgIpc) is 2.60. The molecule has 4 nitrogen and oxygen atoms in total. The van der Waals surface area contributed by atoms with Gasteiger partial charge in [0.25, 0.3) is 0 Å². The van der Waals surface area contributed by atoms with Crippen molar-refractivity contribution in [3.8, 4) is 0 Å². The van der Waals surface area contributed by atoms with E-state index >= 15 is 0 Å². The fraction of sp³-hybridized carbons (Fsp3) is 0.611. The molecule has 120 valence electrons. The number of rotatable bonds is 3. The van der Waals surface area contributed by atoms with Gasteiger partial charge in [-0.05, 0) is 36.8 Å². The van der Waals surface area contributed by atoms with Gasteiger partial charge in [0.2, 0.25) is 5.91 Å². The SMILES string of the molecule is CC[C@@H]1C[C@@H](C(=O)N2CCc3ccccc3[C@H]2CO)CCO1. The first-order valence-electron chi connectivity index (χ1n) is 8.35. The van der Waals surface area contributed by atoms with E-state index in [2.05, 4.69) is 13.0 Å². The normalized spacial score (nSPS) is 28.3. The van der Waals surface area contributed by atoms with Gasteiger partial charge in [0.05, 0.1) is 18.8 Å². The van der Waals surface area contributed by atoms with Crippen LogP contribution in [0.1, 0.15) is 43.4 Å². The lowest BCUT2D eigenvalue weighted by Crippen LogP contribution is -2.46. The van der Waals surface area contributed by atoms with E-state index in [1.54, 1.807) is 0 Å². The van der Waals surface area contributed by atoms with Crippen LogP contribution in [-0.4, -0.2) is 41.8 Å². The number of carbonyl (C=O) groups is 1. The number of hydrogen-bond donors (Lipinski definition) is 1. The van der Waals surface area contributed by atoms with Crippen molar-refractivity contribution in [2.24, 2.45) is 5.92 Å². The fourth-order valence-corrected chi connectivity index (χ4v) is 3.74. The van der Waals surface area contributed by atoms with Crippen LogP contribution in [0.5, 0.6) is 0 Å². The summed E-state index contributed by atoms with van der Waals surface area (Å²) in [6.07, 6.45) is 3.64. The molecule has 3 rings (SSSR count). The predicted molar refractivity (Wildman–Crippen MR) is 84.4 cm³/mol. The Morgan fingerprint density at radius 2 is 2.23 bits per heavy atom. The Balaban J connectivity index is 1.78. The minimum atomic E-state index is -0.194. The second-order valence-corrected chi connectivity index (χ2v) is 6.30. The van der Waals surface area contributed by atoms with Crippen molar-refractivity contribution in [2.75, 3.05) is 19.8 Å². The van der Waals surface area contributed by atoms with E-state index in [0.29, 0.717) is 13.2 Å². The number of aliphatic hydroxyl groups excluding tert-OH is 1.